The van der Waals surface area contributed by atoms with Gasteiger partial charge in [-0.3, -0.25) is 4.31 Å². The van der Waals surface area contributed by atoms with Crippen molar-refractivity contribution in [3.63, 3.8) is 0 Å². The van der Waals surface area contributed by atoms with Crippen molar-refractivity contribution >= 4 is 21.8 Å². The molecule has 0 saturated carbocycles. The zero-order chi connectivity index (χ0) is 20.4. The fourth-order valence-electron chi connectivity index (χ4n) is 2.15. The summed E-state index contributed by atoms with van der Waals surface area (Å²) in [4.78, 5) is 1.57. The second-order valence-corrected chi connectivity index (χ2v) is 7.65. The number of nitrogens with zero attached hydrogens (tertiary/aromatic N) is 3. The van der Waals surface area contributed by atoms with E-state index in [0.29, 0.717) is 0 Å². The van der Waals surface area contributed by atoms with Crippen LogP contribution in [0.2, 0.25) is 0 Å². The Bertz CT molecular complexity index is 919. The van der Waals surface area contributed by atoms with E-state index in [1.54, 1.807) is 25.2 Å². The van der Waals surface area contributed by atoms with Crippen molar-refractivity contribution in [1.29, 1.82) is 0 Å². The summed E-state index contributed by atoms with van der Waals surface area (Å²) in [6.45, 7) is 1.46. The molecule has 1 heterocycles. The first-order valence-electron chi connectivity index (χ1n) is 7.57. The van der Waals surface area contributed by atoms with Gasteiger partial charge in [0.15, 0.2) is 10.7 Å². The average Bonchev–Trinajstić information content (AvgIpc) is 2.93. The molecule has 27 heavy (non-hydrogen) atoms. The fourth-order valence-corrected chi connectivity index (χ4v) is 3.60. The molecule has 148 valence electrons. The van der Waals surface area contributed by atoms with Gasteiger partial charge in [-0.25, -0.2) is 8.42 Å². The van der Waals surface area contributed by atoms with Gasteiger partial charge in [0, 0.05) is 27.3 Å². The van der Waals surface area contributed by atoms with Crippen LogP contribution in [0.15, 0.2) is 39.9 Å². The molecular formula is C16H18F3N3O4S. The van der Waals surface area contributed by atoms with E-state index in [4.69, 9.17) is 4.52 Å². The molecule has 0 bridgehead atoms. The van der Waals surface area contributed by atoms with Crippen molar-refractivity contribution in [3.8, 4) is 5.75 Å². The van der Waals surface area contributed by atoms with Gasteiger partial charge in [-0.1, -0.05) is 5.16 Å². The van der Waals surface area contributed by atoms with Gasteiger partial charge in [0.05, 0.1) is 5.69 Å². The van der Waals surface area contributed by atoms with E-state index in [-0.39, 0.29) is 22.0 Å². The highest BCUT2D eigenvalue weighted by Crippen LogP contribution is 2.30. The predicted molar refractivity (Wildman–Crippen MR) is 92.7 cm³/mol. The minimum Gasteiger partial charge on any atom is -0.406 e. The highest BCUT2D eigenvalue weighted by Gasteiger charge is 2.32. The van der Waals surface area contributed by atoms with E-state index in [0.717, 1.165) is 16.4 Å². The number of hydrogen-bond acceptors (Lipinski definition) is 6. The zero-order valence-corrected chi connectivity index (χ0v) is 15.8. The smallest absolute Gasteiger partial charge is 0.406 e. The Morgan fingerprint density at radius 3 is 2.26 bits per heavy atom. The van der Waals surface area contributed by atoms with Crippen molar-refractivity contribution in [2.45, 2.75) is 18.2 Å². The van der Waals surface area contributed by atoms with E-state index < -0.39 is 22.1 Å². The number of aryl methyl sites for hydroxylation is 1. The summed E-state index contributed by atoms with van der Waals surface area (Å²) in [5.74, 6) is -0.356. The topological polar surface area (TPSA) is 75.9 Å². The summed E-state index contributed by atoms with van der Waals surface area (Å²) in [5, 5.41) is 3.75. The van der Waals surface area contributed by atoms with Crippen LogP contribution in [0.4, 0.5) is 18.9 Å². The van der Waals surface area contributed by atoms with Crippen molar-refractivity contribution in [3.05, 3.63) is 41.9 Å². The van der Waals surface area contributed by atoms with E-state index in [1.807, 2.05) is 0 Å². The lowest BCUT2D eigenvalue weighted by Gasteiger charge is -2.19. The van der Waals surface area contributed by atoms with Gasteiger partial charge in [0.25, 0.3) is 10.0 Å². The summed E-state index contributed by atoms with van der Waals surface area (Å²) in [5.41, 5.74) is 0.262. The Labute approximate surface area is 154 Å². The highest BCUT2D eigenvalue weighted by molar-refractivity contribution is 7.92. The number of sulfonamides is 1. The van der Waals surface area contributed by atoms with E-state index in [9.17, 15) is 21.6 Å². The monoisotopic (exact) mass is 405 g/mol. The van der Waals surface area contributed by atoms with Gasteiger partial charge >= 0.3 is 6.36 Å². The van der Waals surface area contributed by atoms with Crippen LogP contribution in [0, 0.1) is 6.92 Å². The van der Waals surface area contributed by atoms with E-state index >= 15 is 0 Å². The Morgan fingerprint density at radius 2 is 1.74 bits per heavy atom. The number of halogens is 3. The van der Waals surface area contributed by atoms with Crippen molar-refractivity contribution in [2.75, 3.05) is 25.4 Å². The Kier molecular flexibility index (Phi) is 5.73. The molecule has 7 nitrogen and oxygen atoms in total. The molecule has 0 amide bonds. The molecule has 0 N–H and O–H groups in total. The van der Waals surface area contributed by atoms with Gasteiger partial charge in [-0.2, -0.15) is 0 Å². The third-order valence-electron chi connectivity index (χ3n) is 3.42. The molecule has 0 fully saturated rings. The van der Waals surface area contributed by atoms with Gasteiger partial charge < -0.3 is 14.2 Å². The third kappa shape index (κ3) is 4.94. The normalized spacial score (nSPS) is 12.4. The molecular weight excluding hydrogens is 387 g/mol. The predicted octanol–water partition coefficient (Wildman–Crippen LogP) is 3.24. The molecule has 0 aliphatic heterocycles. The number of hydrogen-bond donors (Lipinski definition) is 0. The van der Waals surface area contributed by atoms with Gasteiger partial charge in [-0.15, -0.1) is 13.2 Å². The maximum atomic E-state index is 13.0. The highest BCUT2D eigenvalue weighted by atomic mass is 32.2. The summed E-state index contributed by atoms with van der Waals surface area (Å²) >= 11 is 0. The summed E-state index contributed by atoms with van der Waals surface area (Å²) in [7, 11) is 0.733. The average molecular weight is 405 g/mol. The summed E-state index contributed by atoms with van der Waals surface area (Å²) in [6, 6.07) is 4.47. The fraction of sp³-hybridized carbons (Fsp3) is 0.312. The van der Waals surface area contributed by atoms with Crippen LogP contribution in [0.5, 0.6) is 5.75 Å². The molecule has 2 rings (SSSR count). The van der Waals surface area contributed by atoms with E-state index in [1.165, 1.54) is 32.2 Å². The number of benzene rings is 1. The van der Waals surface area contributed by atoms with E-state index in [2.05, 4.69) is 9.89 Å². The SMILES string of the molecule is Cc1onc(/C=C/N(C)C)c1S(=O)(=O)N(C)c1ccc(OC(F)(F)F)cc1. The van der Waals surface area contributed by atoms with Crippen molar-refractivity contribution < 1.29 is 30.8 Å². The molecule has 0 atom stereocenters. The second-order valence-electron chi connectivity index (χ2n) is 5.75. The molecule has 2 aromatic rings. The summed E-state index contributed by atoms with van der Waals surface area (Å²) in [6.07, 6.45) is -1.73. The minimum absolute atomic E-state index is 0.0947. The third-order valence-corrected chi connectivity index (χ3v) is 5.36. The van der Waals surface area contributed by atoms with Crippen molar-refractivity contribution in [2.24, 2.45) is 0 Å². The molecule has 11 heteroatoms. The van der Waals surface area contributed by atoms with Crippen LogP contribution in [-0.4, -0.2) is 46.0 Å². The zero-order valence-electron chi connectivity index (χ0n) is 15.0. The first-order valence-corrected chi connectivity index (χ1v) is 9.01. The minimum atomic E-state index is -4.83. The van der Waals surface area contributed by atoms with Gasteiger partial charge in [0.2, 0.25) is 0 Å². The quantitative estimate of drug-likeness (QED) is 0.735. The Balaban J connectivity index is 2.36. The molecule has 1 aromatic carbocycles. The standard InChI is InChI=1S/C16H18F3N3O4S/c1-11-15(14(20-26-11)9-10-21(2)3)27(23,24)22(4)12-5-7-13(8-6-12)25-16(17,18)19/h5-10H,1-4H3/b10-9+. The lowest BCUT2D eigenvalue weighted by atomic mass is 10.3. The lowest BCUT2D eigenvalue weighted by Crippen LogP contribution is -2.27. The first-order chi connectivity index (χ1) is 12.4. The van der Waals surface area contributed by atoms with Crippen LogP contribution >= 0.6 is 0 Å². The number of aromatic nitrogens is 1. The Hall–Kier alpha value is -2.69. The van der Waals surface area contributed by atoms with Gasteiger partial charge in [0.1, 0.15) is 11.4 Å². The number of anilines is 1. The van der Waals surface area contributed by atoms with Crippen LogP contribution < -0.4 is 9.04 Å². The van der Waals surface area contributed by atoms with Crippen LogP contribution in [0.1, 0.15) is 11.5 Å². The van der Waals surface area contributed by atoms with Crippen LogP contribution in [0.25, 0.3) is 6.08 Å². The molecule has 0 aliphatic carbocycles. The van der Waals surface area contributed by atoms with Crippen LogP contribution in [0.3, 0.4) is 0 Å². The summed E-state index contributed by atoms with van der Waals surface area (Å²) < 4.78 is 72.3. The molecule has 0 spiro atoms. The molecule has 1 aromatic heterocycles. The second kappa shape index (κ2) is 7.51. The Morgan fingerprint density at radius 1 is 1.15 bits per heavy atom. The van der Waals surface area contributed by atoms with Crippen LogP contribution in [-0.2, 0) is 10.0 Å². The number of rotatable bonds is 6. The number of alkyl halides is 3. The number of ether oxygens (including phenoxy) is 1. The van der Waals surface area contributed by atoms with Gasteiger partial charge in [-0.05, 0) is 37.3 Å². The first kappa shape index (κ1) is 20.6. The maximum Gasteiger partial charge on any atom is 0.573 e. The largest absolute Gasteiger partial charge is 0.573 e. The molecule has 0 aliphatic rings. The molecule has 0 saturated heterocycles. The lowest BCUT2D eigenvalue weighted by molar-refractivity contribution is -0.274. The molecule has 0 radical (unpaired) electrons. The molecule has 0 unspecified atom stereocenters. The maximum absolute atomic E-state index is 13.0. The van der Waals surface area contributed by atoms with Crippen molar-refractivity contribution in [1.82, 2.24) is 10.1 Å².